The molecular weight excluding hydrogens is 146 g/mol. The SMILES string of the molecule is COC(=O)CC(N)CC(C)=O. The van der Waals surface area contributed by atoms with Gasteiger partial charge in [-0.05, 0) is 6.92 Å². The number of ether oxygens (including phenoxy) is 1. The van der Waals surface area contributed by atoms with Gasteiger partial charge in [0.05, 0.1) is 13.5 Å². The van der Waals surface area contributed by atoms with E-state index >= 15 is 0 Å². The summed E-state index contributed by atoms with van der Waals surface area (Å²) in [6.07, 6.45) is 0.338. The van der Waals surface area contributed by atoms with E-state index in [2.05, 4.69) is 4.74 Å². The number of esters is 1. The number of carbonyl (C=O) groups excluding carboxylic acids is 2. The molecule has 0 aromatic rings. The summed E-state index contributed by atoms with van der Waals surface area (Å²) < 4.78 is 4.37. The van der Waals surface area contributed by atoms with Crippen molar-refractivity contribution in [2.75, 3.05) is 7.11 Å². The molecule has 0 saturated carbocycles. The summed E-state index contributed by atoms with van der Waals surface area (Å²) in [7, 11) is 1.29. The van der Waals surface area contributed by atoms with E-state index in [4.69, 9.17) is 5.73 Å². The van der Waals surface area contributed by atoms with Gasteiger partial charge in [-0.15, -0.1) is 0 Å². The zero-order chi connectivity index (χ0) is 8.85. The highest BCUT2D eigenvalue weighted by molar-refractivity contribution is 5.77. The molecule has 0 heterocycles. The van der Waals surface area contributed by atoms with Gasteiger partial charge in [-0.3, -0.25) is 9.59 Å². The normalized spacial score (nSPS) is 12.3. The summed E-state index contributed by atoms with van der Waals surface area (Å²) in [6, 6.07) is -0.403. The maximum absolute atomic E-state index is 10.6. The highest BCUT2D eigenvalue weighted by Gasteiger charge is 2.10. The summed E-state index contributed by atoms with van der Waals surface area (Å²) in [4.78, 5) is 21.1. The first-order valence-corrected chi connectivity index (χ1v) is 3.38. The Labute approximate surface area is 65.7 Å². The van der Waals surface area contributed by atoms with Crippen molar-refractivity contribution in [3.05, 3.63) is 0 Å². The number of hydrogen-bond acceptors (Lipinski definition) is 4. The van der Waals surface area contributed by atoms with E-state index in [1.165, 1.54) is 14.0 Å². The molecule has 0 aromatic carbocycles. The Morgan fingerprint density at radius 2 is 2.00 bits per heavy atom. The van der Waals surface area contributed by atoms with Crippen molar-refractivity contribution in [3.63, 3.8) is 0 Å². The van der Waals surface area contributed by atoms with Crippen LogP contribution in [-0.4, -0.2) is 24.9 Å². The maximum Gasteiger partial charge on any atom is 0.307 e. The van der Waals surface area contributed by atoms with Crippen LogP contribution >= 0.6 is 0 Å². The molecule has 64 valence electrons. The van der Waals surface area contributed by atoms with Gasteiger partial charge in [-0.25, -0.2) is 0 Å². The highest BCUT2D eigenvalue weighted by Crippen LogP contribution is 1.96. The number of Topliss-reactive ketones (excluding diaryl/α,β-unsaturated/α-hetero) is 1. The van der Waals surface area contributed by atoms with Crippen LogP contribution in [-0.2, 0) is 14.3 Å². The molecule has 0 saturated heterocycles. The van der Waals surface area contributed by atoms with E-state index < -0.39 is 6.04 Å². The second kappa shape index (κ2) is 4.85. The quantitative estimate of drug-likeness (QED) is 0.579. The maximum atomic E-state index is 10.6. The molecule has 0 fully saturated rings. The standard InChI is InChI=1S/C7H13NO3/c1-5(9)3-6(8)4-7(10)11-2/h6H,3-4,8H2,1-2H3. The van der Waals surface area contributed by atoms with Crippen LogP contribution < -0.4 is 5.73 Å². The largest absolute Gasteiger partial charge is 0.469 e. The van der Waals surface area contributed by atoms with E-state index in [0.717, 1.165) is 0 Å². The van der Waals surface area contributed by atoms with E-state index in [9.17, 15) is 9.59 Å². The molecule has 0 aliphatic rings. The molecule has 11 heavy (non-hydrogen) atoms. The predicted octanol–water partition coefficient (Wildman–Crippen LogP) is -0.144. The second-order valence-corrected chi connectivity index (χ2v) is 2.45. The molecule has 0 aliphatic carbocycles. The van der Waals surface area contributed by atoms with Crippen molar-refractivity contribution in [1.82, 2.24) is 0 Å². The highest BCUT2D eigenvalue weighted by atomic mass is 16.5. The van der Waals surface area contributed by atoms with Crippen LogP contribution in [0, 0.1) is 0 Å². The number of hydrogen-bond donors (Lipinski definition) is 1. The Morgan fingerprint density at radius 1 is 1.45 bits per heavy atom. The lowest BCUT2D eigenvalue weighted by molar-refractivity contribution is -0.141. The molecule has 4 heteroatoms. The van der Waals surface area contributed by atoms with Crippen LogP contribution in [0.15, 0.2) is 0 Å². The third-order valence-electron chi connectivity index (χ3n) is 1.21. The lowest BCUT2D eigenvalue weighted by atomic mass is 10.1. The van der Waals surface area contributed by atoms with E-state index in [1.54, 1.807) is 0 Å². The molecule has 1 unspecified atom stereocenters. The topological polar surface area (TPSA) is 69.4 Å². The minimum absolute atomic E-state index is 0.0126. The monoisotopic (exact) mass is 159 g/mol. The average molecular weight is 159 g/mol. The van der Waals surface area contributed by atoms with E-state index in [1.807, 2.05) is 0 Å². The summed E-state index contributed by atoms with van der Waals surface area (Å²) >= 11 is 0. The summed E-state index contributed by atoms with van der Waals surface area (Å²) in [5.74, 6) is -0.389. The average Bonchev–Trinajstić information content (AvgIpc) is 1.85. The Morgan fingerprint density at radius 3 is 2.36 bits per heavy atom. The zero-order valence-corrected chi connectivity index (χ0v) is 6.79. The Kier molecular flexibility index (Phi) is 4.45. The van der Waals surface area contributed by atoms with E-state index in [-0.39, 0.29) is 24.6 Å². The van der Waals surface area contributed by atoms with Gasteiger partial charge in [-0.1, -0.05) is 0 Å². The Bertz CT molecular complexity index is 156. The Hall–Kier alpha value is -0.900. The number of nitrogens with two attached hydrogens (primary N) is 1. The molecule has 0 rings (SSSR count). The first-order valence-electron chi connectivity index (χ1n) is 3.38. The fourth-order valence-electron chi connectivity index (χ4n) is 0.739. The minimum atomic E-state index is -0.403. The summed E-state index contributed by atoms with van der Waals surface area (Å²) in [5, 5.41) is 0. The molecule has 4 nitrogen and oxygen atoms in total. The zero-order valence-electron chi connectivity index (χ0n) is 6.79. The van der Waals surface area contributed by atoms with Crippen LogP contribution in [0.2, 0.25) is 0 Å². The lowest BCUT2D eigenvalue weighted by Gasteiger charge is -2.06. The van der Waals surface area contributed by atoms with Gasteiger partial charge in [0.1, 0.15) is 5.78 Å². The summed E-state index contributed by atoms with van der Waals surface area (Å²) in [5.41, 5.74) is 5.43. The molecule has 0 spiro atoms. The number of rotatable bonds is 4. The van der Waals surface area contributed by atoms with Crippen LogP contribution in [0.4, 0.5) is 0 Å². The van der Waals surface area contributed by atoms with Gasteiger partial charge in [0.15, 0.2) is 0 Å². The fraction of sp³-hybridized carbons (Fsp3) is 0.714. The molecule has 2 N–H and O–H groups in total. The van der Waals surface area contributed by atoms with Gasteiger partial charge in [-0.2, -0.15) is 0 Å². The minimum Gasteiger partial charge on any atom is -0.469 e. The van der Waals surface area contributed by atoms with Gasteiger partial charge < -0.3 is 10.5 Å². The van der Waals surface area contributed by atoms with Crippen molar-refractivity contribution in [3.8, 4) is 0 Å². The third kappa shape index (κ3) is 5.54. The fourth-order valence-corrected chi connectivity index (χ4v) is 0.739. The molecular formula is C7H13NO3. The number of ketones is 1. The van der Waals surface area contributed by atoms with E-state index in [0.29, 0.717) is 0 Å². The first kappa shape index (κ1) is 10.1. The predicted molar refractivity (Wildman–Crippen MR) is 39.9 cm³/mol. The van der Waals surface area contributed by atoms with Crippen molar-refractivity contribution in [2.45, 2.75) is 25.8 Å². The smallest absolute Gasteiger partial charge is 0.307 e. The molecule has 0 aliphatic heterocycles. The first-order chi connectivity index (χ1) is 5.06. The number of methoxy groups -OCH3 is 1. The second-order valence-electron chi connectivity index (χ2n) is 2.45. The van der Waals surface area contributed by atoms with Crippen molar-refractivity contribution in [2.24, 2.45) is 5.73 Å². The van der Waals surface area contributed by atoms with Gasteiger partial charge in [0, 0.05) is 12.5 Å². The van der Waals surface area contributed by atoms with Crippen LogP contribution in [0.5, 0.6) is 0 Å². The van der Waals surface area contributed by atoms with Crippen molar-refractivity contribution < 1.29 is 14.3 Å². The molecule has 1 atom stereocenters. The summed E-state index contributed by atoms with van der Waals surface area (Å²) in [6.45, 7) is 1.44. The van der Waals surface area contributed by atoms with Gasteiger partial charge in [0.2, 0.25) is 0 Å². The van der Waals surface area contributed by atoms with Crippen LogP contribution in [0.3, 0.4) is 0 Å². The molecule has 0 aromatic heterocycles. The molecule has 0 radical (unpaired) electrons. The third-order valence-corrected chi connectivity index (χ3v) is 1.21. The number of carbonyl (C=O) groups is 2. The van der Waals surface area contributed by atoms with Gasteiger partial charge in [0.25, 0.3) is 0 Å². The van der Waals surface area contributed by atoms with Crippen LogP contribution in [0.25, 0.3) is 0 Å². The lowest BCUT2D eigenvalue weighted by Crippen LogP contribution is -2.26. The van der Waals surface area contributed by atoms with Crippen molar-refractivity contribution >= 4 is 11.8 Å². The molecule has 0 amide bonds. The Balaban J connectivity index is 3.60. The van der Waals surface area contributed by atoms with Crippen molar-refractivity contribution in [1.29, 1.82) is 0 Å². The molecule has 0 bridgehead atoms. The van der Waals surface area contributed by atoms with Gasteiger partial charge >= 0.3 is 5.97 Å². The van der Waals surface area contributed by atoms with Crippen LogP contribution in [0.1, 0.15) is 19.8 Å².